The van der Waals surface area contributed by atoms with Gasteiger partial charge in [0.15, 0.2) is 0 Å². The normalized spacial score (nSPS) is 20.8. The summed E-state index contributed by atoms with van der Waals surface area (Å²) in [6, 6.07) is 0.0784. The summed E-state index contributed by atoms with van der Waals surface area (Å²) in [5.74, 6) is -1.24. The van der Waals surface area contributed by atoms with Gasteiger partial charge in [-0.1, -0.05) is 6.92 Å². The number of ether oxygens (including phenoxy) is 2. The minimum Gasteiger partial charge on any atom is -0.480 e. The number of nitrogens with zero attached hydrogens (tertiary/aromatic N) is 1. The lowest BCUT2D eigenvalue weighted by Gasteiger charge is -2.34. The van der Waals surface area contributed by atoms with Crippen LogP contribution >= 0.6 is 0 Å². The van der Waals surface area contributed by atoms with E-state index in [1.54, 1.807) is 4.90 Å². The molecule has 1 fully saturated rings. The number of carbonyl (C=O) groups excluding carboxylic acids is 1. The molecule has 1 aliphatic heterocycles. The van der Waals surface area contributed by atoms with Gasteiger partial charge < -0.3 is 19.5 Å². The Kier molecular flexibility index (Phi) is 5.21. The minimum atomic E-state index is -1.07. The third-order valence-corrected chi connectivity index (χ3v) is 2.47. The Morgan fingerprint density at radius 3 is 2.88 bits per heavy atom. The van der Waals surface area contributed by atoms with Crippen LogP contribution in [-0.4, -0.2) is 60.9 Å². The maximum Gasteiger partial charge on any atom is 0.329 e. The number of aliphatic carboxylic acids is 1. The lowest BCUT2D eigenvalue weighted by molar-refractivity contribution is -0.149. The lowest BCUT2D eigenvalue weighted by atomic mass is 10.2. The van der Waals surface area contributed by atoms with Crippen LogP contribution < -0.4 is 0 Å². The topological polar surface area (TPSA) is 76.1 Å². The Balaban J connectivity index is 2.35. The number of rotatable bonds is 5. The molecule has 6 heteroatoms. The van der Waals surface area contributed by atoms with Crippen LogP contribution in [0.25, 0.3) is 0 Å². The van der Waals surface area contributed by atoms with E-state index in [1.165, 1.54) is 0 Å². The van der Waals surface area contributed by atoms with Gasteiger partial charge in [0.1, 0.15) is 13.2 Å². The van der Waals surface area contributed by atoms with Crippen LogP contribution in [0.2, 0.25) is 0 Å². The fourth-order valence-electron chi connectivity index (χ4n) is 1.63. The summed E-state index contributed by atoms with van der Waals surface area (Å²) in [6.07, 6.45) is 0.824. The van der Waals surface area contributed by atoms with Gasteiger partial charge in [-0.05, 0) is 6.42 Å². The van der Waals surface area contributed by atoms with Gasteiger partial charge in [-0.25, -0.2) is 4.79 Å². The van der Waals surface area contributed by atoms with E-state index in [-0.39, 0.29) is 18.6 Å². The molecule has 1 heterocycles. The Morgan fingerprint density at radius 2 is 2.25 bits per heavy atom. The molecule has 1 rings (SSSR count). The average Bonchev–Trinajstić information content (AvgIpc) is 2.28. The number of carboxylic acid groups (broad SMARTS) is 1. The molecule has 6 nitrogen and oxygen atoms in total. The highest BCUT2D eigenvalue weighted by Crippen LogP contribution is 2.10. The van der Waals surface area contributed by atoms with Gasteiger partial charge in [-0.2, -0.15) is 0 Å². The molecule has 0 radical (unpaired) electrons. The Hall–Kier alpha value is -1.14. The zero-order chi connectivity index (χ0) is 12.0. The first-order valence-electron chi connectivity index (χ1n) is 5.32. The molecule has 1 N–H and O–H groups in total. The lowest BCUT2D eigenvalue weighted by Crippen LogP contribution is -2.49. The minimum absolute atomic E-state index is 0.0784. The van der Waals surface area contributed by atoms with E-state index >= 15 is 0 Å². The first-order chi connectivity index (χ1) is 7.65. The number of carbonyl (C=O) groups is 2. The second kappa shape index (κ2) is 6.44. The number of morpholine rings is 1. The van der Waals surface area contributed by atoms with Crippen molar-refractivity contribution in [2.24, 2.45) is 0 Å². The van der Waals surface area contributed by atoms with Gasteiger partial charge in [-0.15, -0.1) is 0 Å². The standard InChI is InChI=1S/C10H17NO5/c1-2-8-5-15-4-3-11(8)9(12)6-16-7-10(13)14/h8H,2-7H2,1H3,(H,13,14). The van der Waals surface area contributed by atoms with E-state index in [9.17, 15) is 9.59 Å². The van der Waals surface area contributed by atoms with Crippen molar-refractivity contribution < 1.29 is 24.2 Å². The third kappa shape index (κ3) is 3.79. The first kappa shape index (κ1) is 12.9. The Morgan fingerprint density at radius 1 is 1.50 bits per heavy atom. The molecule has 0 spiro atoms. The Labute approximate surface area is 94.1 Å². The number of hydrogen-bond acceptors (Lipinski definition) is 4. The molecule has 1 aliphatic rings. The molecule has 1 unspecified atom stereocenters. The van der Waals surface area contributed by atoms with Gasteiger partial charge >= 0.3 is 5.97 Å². The van der Waals surface area contributed by atoms with E-state index in [0.29, 0.717) is 19.8 Å². The van der Waals surface area contributed by atoms with Crippen molar-refractivity contribution in [2.75, 3.05) is 33.0 Å². The first-order valence-corrected chi connectivity index (χ1v) is 5.32. The van der Waals surface area contributed by atoms with Crippen LogP contribution in [0.4, 0.5) is 0 Å². The predicted molar refractivity (Wildman–Crippen MR) is 55.1 cm³/mol. The molecule has 0 aromatic rings. The molecule has 0 aromatic heterocycles. The molecule has 16 heavy (non-hydrogen) atoms. The van der Waals surface area contributed by atoms with E-state index in [4.69, 9.17) is 14.6 Å². The monoisotopic (exact) mass is 231 g/mol. The summed E-state index contributed by atoms with van der Waals surface area (Å²) in [7, 11) is 0. The van der Waals surface area contributed by atoms with Crippen LogP contribution in [0.15, 0.2) is 0 Å². The van der Waals surface area contributed by atoms with Crippen molar-refractivity contribution in [1.82, 2.24) is 4.90 Å². The van der Waals surface area contributed by atoms with E-state index in [1.807, 2.05) is 6.92 Å². The van der Waals surface area contributed by atoms with Crippen LogP contribution in [0.1, 0.15) is 13.3 Å². The van der Waals surface area contributed by atoms with Crippen LogP contribution in [0.3, 0.4) is 0 Å². The molecule has 0 saturated carbocycles. The van der Waals surface area contributed by atoms with E-state index in [0.717, 1.165) is 6.42 Å². The molecule has 1 saturated heterocycles. The Bertz CT molecular complexity index is 256. The number of amides is 1. The smallest absolute Gasteiger partial charge is 0.329 e. The highest BCUT2D eigenvalue weighted by atomic mass is 16.5. The zero-order valence-corrected chi connectivity index (χ0v) is 9.35. The summed E-state index contributed by atoms with van der Waals surface area (Å²) in [4.78, 5) is 23.6. The SMILES string of the molecule is CCC1COCCN1C(=O)COCC(=O)O. The molecular weight excluding hydrogens is 214 g/mol. The van der Waals surface area contributed by atoms with Gasteiger partial charge in [0.25, 0.3) is 0 Å². The van der Waals surface area contributed by atoms with Gasteiger partial charge in [0, 0.05) is 6.54 Å². The number of hydrogen-bond donors (Lipinski definition) is 1. The largest absolute Gasteiger partial charge is 0.480 e. The fraction of sp³-hybridized carbons (Fsp3) is 0.800. The van der Waals surface area contributed by atoms with Gasteiger partial charge in [-0.3, -0.25) is 4.79 Å². The predicted octanol–water partition coefficient (Wildman–Crippen LogP) is -0.275. The van der Waals surface area contributed by atoms with Crippen molar-refractivity contribution in [3.05, 3.63) is 0 Å². The summed E-state index contributed by atoms with van der Waals surface area (Å²) < 4.78 is 10.0. The van der Waals surface area contributed by atoms with Crippen LogP contribution in [0, 0.1) is 0 Å². The molecule has 0 aromatic carbocycles. The van der Waals surface area contributed by atoms with Gasteiger partial charge in [0.05, 0.1) is 19.3 Å². The summed E-state index contributed by atoms with van der Waals surface area (Å²) in [5, 5.41) is 8.36. The zero-order valence-electron chi connectivity index (χ0n) is 9.35. The maximum absolute atomic E-state index is 11.7. The highest BCUT2D eigenvalue weighted by molar-refractivity contribution is 5.78. The number of carboxylic acids is 1. The fourth-order valence-corrected chi connectivity index (χ4v) is 1.63. The maximum atomic E-state index is 11.7. The summed E-state index contributed by atoms with van der Waals surface area (Å²) >= 11 is 0. The second-order valence-electron chi connectivity index (χ2n) is 3.61. The molecule has 1 amide bonds. The molecular formula is C10H17NO5. The average molecular weight is 231 g/mol. The van der Waals surface area contributed by atoms with Crippen molar-refractivity contribution in [3.63, 3.8) is 0 Å². The van der Waals surface area contributed by atoms with Crippen molar-refractivity contribution in [2.45, 2.75) is 19.4 Å². The highest BCUT2D eigenvalue weighted by Gasteiger charge is 2.25. The molecule has 92 valence electrons. The molecule has 0 aliphatic carbocycles. The van der Waals surface area contributed by atoms with E-state index < -0.39 is 12.6 Å². The van der Waals surface area contributed by atoms with Crippen molar-refractivity contribution >= 4 is 11.9 Å². The second-order valence-corrected chi connectivity index (χ2v) is 3.61. The van der Waals surface area contributed by atoms with Crippen LogP contribution in [0.5, 0.6) is 0 Å². The molecule has 0 bridgehead atoms. The van der Waals surface area contributed by atoms with Gasteiger partial charge in [0.2, 0.25) is 5.91 Å². The quantitative estimate of drug-likeness (QED) is 0.704. The molecule has 1 atom stereocenters. The van der Waals surface area contributed by atoms with Crippen molar-refractivity contribution in [1.29, 1.82) is 0 Å². The summed E-state index contributed by atoms with van der Waals surface area (Å²) in [5.41, 5.74) is 0. The van der Waals surface area contributed by atoms with Crippen LogP contribution in [-0.2, 0) is 19.1 Å². The summed E-state index contributed by atoms with van der Waals surface area (Å²) in [6.45, 7) is 2.99. The van der Waals surface area contributed by atoms with Crippen molar-refractivity contribution in [3.8, 4) is 0 Å². The van der Waals surface area contributed by atoms with E-state index in [2.05, 4.69) is 0 Å². The third-order valence-electron chi connectivity index (χ3n) is 2.47.